The average Bonchev–Trinajstić information content (AvgIpc) is 3.48. The monoisotopic (exact) mass is 489 g/mol. The summed E-state index contributed by atoms with van der Waals surface area (Å²) in [6.45, 7) is 0.402. The molecule has 1 saturated carbocycles. The maximum atomic E-state index is 13.1. The number of nitrogens with zero attached hydrogens (tertiary/aromatic N) is 2. The zero-order valence-corrected chi connectivity index (χ0v) is 17.3. The van der Waals surface area contributed by atoms with Gasteiger partial charge in [0.1, 0.15) is 6.73 Å². The number of aromatic nitrogens is 1. The van der Waals surface area contributed by atoms with Gasteiger partial charge in [-0.15, -0.1) is 0 Å². The van der Waals surface area contributed by atoms with Gasteiger partial charge in [0.05, 0.1) is 6.04 Å². The molecule has 0 aliphatic heterocycles. The van der Waals surface area contributed by atoms with Crippen LogP contribution in [0.15, 0.2) is 24.5 Å². The number of hydroxylamine groups is 1. The summed E-state index contributed by atoms with van der Waals surface area (Å²) in [5.74, 6) is -0.973. The third-order valence-corrected chi connectivity index (χ3v) is 7.33. The number of carbonyl (C=O) groups is 1. The van der Waals surface area contributed by atoms with Crippen molar-refractivity contribution >= 4 is 31.9 Å². The Kier molecular flexibility index (Phi) is 7.08. The summed E-state index contributed by atoms with van der Waals surface area (Å²) in [5, 5.41) is 0. The highest BCUT2D eigenvalue weighted by Crippen LogP contribution is 2.49. The molecule has 158 valence electrons. The van der Waals surface area contributed by atoms with Gasteiger partial charge >= 0.3 is 15.5 Å². The Morgan fingerprint density at radius 3 is 2.43 bits per heavy atom. The lowest BCUT2D eigenvalue weighted by Gasteiger charge is -2.39. The molecule has 1 aliphatic carbocycles. The number of alkyl halides is 4. The lowest BCUT2D eigenvalue weighted by Crippen LogP contribution is -2.57. The highest BCUT2D eigenvalue weighted by Gasteiger charge is 2.58. The van der Waals surface area contributed by atoms with Gasteiger partial charge in [0.2, 0.25) is 0 Å². The zero-order valence-electron chi connectivity index (χ0n) is 14.9. The molecule has 0 aromatic carbocycles. The van der Waals surface area contributed by atoms with Crippen LogP contribution in [0.25, 0.3) is 0 Å². The van der Waals surface area contributed by atoms with E-state index in [-0.39, 0.29) is 15.8 Å². The van der Waals surface area contributed by atoms with Crippen molar-refractivity contribution in [2.24, 2.45) is 5.92 Å². The van der Waals surface area contributed by atoms with Crippen molar-refractivity contribution in [2.45, 2.75) is 35.8 Å². The molecule has 1 aromatic rings. The smallest absolute Gasteiger partial charge is 0.368 e. The first kappa shape index (κ1) is 23.0. The number of hydrogen-bond donors (Lipinski definition) is 1. The fraction of sp³-hybridized carbons (Fsp3) is 0.600. The van der Waals surface area contributed by atoms with Crippen LogP contribution in [0.4, 0.5) is 13.2 Å². The summed E-state index contributed by atoms with van der Waals surface area (Å²) in [5.41, 5.74) is -3.13. The molecular weight excluding hydrogens is 471 g/mol. The first-order valence-corrected chi connectivity index (χ1v) is 10.3. The van der Waals surface area contributed by atoms with Crippen LogP contribution in [0.3, 0.4) is 0 Å². The van der Waals surface area contributed by atoms with E-state index in [1.807, 2.05) is 0 Å². The van der Waals surface area contributed by atoms with E-state index in [0.717, 1.165) is 7.11 Å². The number of amides is 1. The minimum absolute atomic E-state index is 0.151. The fourth-order valence-electron chi connectivity index (χ4n) is 2.52. The second kappa shape index (κ2) is 8.61. The van der Waals surface area contributed by atoms with Gasteiger partial charge in [-0.2, -0.15) is 17.5 Å². The van der Waals surface area contributed by atoms with E-state index in [4.69, 9.17) is 4.84 Å². The van der Waals surface area contributed by atoms with Crippen LogP contribution in [0, 0.1) is 5.92 Å². The number of methoxy groups -OCH3 is 1. The minimum atomic E-state index is -5.70. The number of pyridine rings is 1. The molecule has 0 radical (unpaired) electrons. The summed E-state index contributed by atoms with van der Waals surface area (Å²) < 4.78 is 66.5. The van der Waals surface area contributed by atoms with Crippen molar-refractivity contribution < 1.29 is 36.0 Å². The van der Waals surface area contributed by atoms with Gasteiger partial charge in [-0.1, -0.05) is 0 Å². The highest BCUT2D eigenvalue weighted by molar-refractivity contribution is 9.10. The van der Waals surface area contributed by atoms with E-state index >= 15 is 0 Å². The molecule has 1 N–H and O–H groups in total. The van der Waals surface area contributed by atoms with Gasteiger partial charge in [0.25, 0.3) is 5.91 Å². The van der Waals surface area contributed by atoms with Gasteiger partial charge in [0.15, 0.2) is 4.51 Å². The van der Waals surface area contributed by atoms with Crippen LogP contribution in [0.1, 0.15) is 30.1 Å². The Morgan fingerprint density at radius 2 is 1.96 bits per heavy atom. The molecule has 8 nitrogen and oxygen atoms in total. The van der Waals surface area contributed by atoms with Gasteiger partial charge in [0, 0.05) is 31.0 Å². The summed E-state index contributed by atoms with van der Waals surface area (Å²) in [7, 11) is -4.63. The average molecular weight is 490 g/mol. The van der Waals surface area contributed by atoms with Gasteiger partial charge in [-0.05, 0) is 47.8 Å². The third kappa shape index (κ3) is 4.82. The molecule has 2 rings (SSSR count). The van der Waals surface area contributed by atoms with Crippen LogP contribution in [-0.4, -0.2) is 53.5 Å². The van der Waals surface area contributed by atoms with E-state index in [9.17, 15) is 26.4 Å². The normalized spacial score (nSPS) is 18.5. The third-order valence-electron chi connectivity index (χ3n) is 4.24. The van der Waals surface area contributed by atoms with Crippen LogP contribution in [0.5, 0.6) is 0 Å². The predicted molar refractivity (Wildman–Crippen MR) is 95.3 cm³/mol. The van der Waals surface area contributed by atoms with E-state index in [2.05, 4.69) is 31.1 Å². The van der Waals surface area contributed by atoms with Crippen LogP contribution in [-0.2, 0) is 19.6 Å². The topological polar surface area (TPSA) is 97.8 Å². The Bertz CT molecular complexity index is 792. The molecule has 13 heteroatoms. The Labute approximate surface area is 168 Å². The Balaban J connectivity index is 2.25. The lowest BCUT2D eigenvalue weighted by atomic mass is 10.1. The maximum Gasteiger partial charge on any atom is 0.511 e. The fourth-order valence-corrected chi connectivity index (χ4v) is 4.52. The number of ether oxygens (including phenoxy) is 1. The van der Waals surface area contributed by atoms with Crippen molar-refractivity contribution in [1.82, 2.24) is 14.8 Å². The molecule has 1 aromatic heterocycles. The van der Waals surface area contributed by atoms with E-state index < -0.39 is 38.7 Å². The van der Waals surface area contributed by atoms with E-state index in [1.165, 1.54) is 31.5 Å². The molecule has 0 spiro atoms. The lowest BCUT2D eigenvalue weighted by molar-refractivity contribution is -0.0901. The van der Waals surface area contributed by atoms with Crippen LogP contribution in [0.2, 0.25) is 0 Å². The van der Waals surface area contributed by atoms with Crippen molar-refractivity contribution in [3.63, 3.8) is 0 Å². The molecule has 1 unspecified atom stereocenters. The second-order valence-electron chi connectivity index (χ2n) is 6.17. The molecule has 1 heterocycles. The molecule has 0 saturated heterocycles. The molecule has 1 fully saturated rings. The van der Waals surface area contributed by atoms with Gasteiger partial charge in [-0.25, -0.2) is 13.9 Å². The molecular formula is C15H19BrF3N3O5S. The first-order chi connectivity index (χ1) is 12.9. The summed E-state index contributed by atoms with van der Waals surface area (Å²) in [6, 6.07) is 1.48. The Hall–Kier alpha value is -1.28. The van der Waals surface area contributed by atoms with Crippen molar-refractivity contribution in [3.05, 3.63) is 30.1 Å². The molecule has 0 bridgehead atoms. The second-order valence-corrected chi connectivity index (χ2v) is 9.29. The number of sulfonamides is 1. The van der Waals surface area contributed by atoms with Crippen molar-refractivity contribution in [3.8, 4) is 0 Å². The standard InChI is InChI=1S/C15H19BrF3N3O5S/c1-10(22(9-26-2)28(24,25)15(17,18)19)14(16,12-3-4-12)27-21-13(23)11-5-7-20-8-6-11/h5-8,10,12H,3-4,9H2,1-2H3,(H,21,23)/t10-,14?/m0/s1. The summed E-state index contributed by atoms with van der Waals surface area (Å²) >= 11 is 3.23. The van der Waals surface area contributed by atoms with Gasteiger partial charge < -0.3 is 4.74 Å². The van der Waals surface area contributed by atoms with Crippen LogP contribution >= 0.6 is 15.9 Å². The number of carbonyl (C=O) groups excluding carboxylic acids is 1. The van der Waals surface area contributed by atoms with Crippen LogP contribution < -0.4 is 5.48 Å². The number of halogens is 4. The highest BCUT2D eigenvalue weighted by atomic mass is 79.9. The minimum Gasteiger partial charge on any atom is -0.368 e. The molecule has 2 atom stereocenters. The van der Waals surface area contributed by atoms with Crippen molar-refractivity contribution in [2.75, 3.05) is 13.8 Å². The van der Waals surface area contributed by atoms with Crippen molar-refractivity contribution in [1.29, 1.82) is 0 Å². The zero-order chi connectivity index (χ0) is 21.2. The van der Waals surface area contributed by atoms with Gasteiger partial charge in [-0.3, -0.25) is 14.6 Å². The summed E-state index contributed by atoms with van der Waals surface area (Å²) in [4.78, 5) is 21.4. The van der Waals surface area contributed by atoms with E-state index in [0.29, 0.717) is 12.8 Å². The van der Waals surface area contributed by atoms with E-state index in [1.54, 1.807) is 0 Å². The Morgan fingerprint density at radius 1 is 1.39 bits per heavy atom. The first-order valence-electron chi connectivity index (χ1n) is 8.09. The quantitative estimate of drug-likeness (QED) is 0.325. The summed E-state index contributed by atoms with van der Waals surface area (Å²) in [6.07, 6.45) is 3.92. The molecule has 28 heavy (non-hydrogen) atoms. The largest absolute Gasteiger partial charge is 0.511 e. The number of nitrogens with one attached hydrogen (secondary N) is 1. The maximum absolute atomic E-state index is 13.1. The molecule has 1 amide bonds. The number of rotatable bonds is 9. The SMILES string of the molecule is COCN([C@@H](C)C(Br)(ONC(=O)c1ccncc1)C1CC1)S(=O)(=O)C(F)(F)F. The number of hydrogen-bond acceptors (Lipinski definition) is 6. The molecule has 1 aliphatic rings. The predicted octanol–water partition coefficient (Wildman–Crippen LogP) is 2.39.